The highest BCUT2D eigenvalue weighted by Gasteiger charge is 2.29. The second-order valence-electron chi connectivity index (χ2n) is 4.47. The Kier molecular flexibility index (Phi) is 3.57. The second kappa shape index (κ2) is 5.14. The smallest absolute Gasteiger partial charge is 0.292 e. The number of amides is 1. The van der Waals surface area contributed by atoms with Crippen LogP contribution in [0.25, 0.3) is 0 Å². The molecule has 1 aromatic carbocycles. The number of nitro benzene ring substituents is 1. The molecule has 0 aliphatic carbocycles. The predicted octanol–water partition coefficient (Wildman–Crippen LogP) is 1.39. The zero-order valence-electron chi connectivity index (χ0n) is 10.1. The molecule has 6 heteroatoms. The lowest BCUT2D eigenvalue weighted by atomic mass is 9.88. The topological polar surface area (TPSA) is 84.3 Å². The molecule has 1 atom stereocenters. The number of benzene rings is 1. The summed E-state index contributed by atoms with van der Waals surface area (Å²) in [5, 5.41) is 16.6. The van der Waals surface area contributed by atoms with Gasteiger partial charge < -0.3 is 10.6 Å². The number of carbonyl (C=O) groups is 1. The zero-order chi connectivity index (χ0) is 13.1. The third-order valence-electron chi connectivity index (χ3n) is 3.29. The van der Waals surface area contributed by atoms with Gasteiger partial charge in [-0.2, -0.15) is 0 Å². The molecule has 1 fully saturated rings. The number of nitrogens with zero attached hydrogens (tertiary/aromatic N) is 1. The van der Waals surface area contributed by atoms with Gasteiger partial charge in [-0.15, -0.1) is 0 Å². The Morgan fingerprint density at radius 2 is 2.17 bits per heavy atom. The Balaban J connectivity index is 2.08. The van der Waals surface area contributed by atoms with E-state index in [0.29, 0.717) is 5.92 Å². The normalized spacial score (nSPS) is 16.7. The predicted molar refractivity (Wildman–Crippen MR) is 67.2 cm³/mol. The van der Waals surface area contributed by atoms with E-state index >= 15 is 0 Å². The fraction of sp³-hybridized carbons (Fsp3) is 0.417. The van der Waals surface area contributed by atoms with Crippen molar-refractivity contribution in [3.05, 3.63) is 34.4 Å². The summed E-state index contributed by atoms with van der Waals surface area (Å²) in [5.74, 6) is -0.00497. The van der Waals surface area contributed by atoms with Crippen molar-refractivity contribution in [2.45, 2.75) is 6.92 Å². The quantitative estimate of drug-likeness (QED) is 0.623. The molecule has 1 amide bonds. The lowest BCUT2D eigenvalue weighted by Gasteiger charge is -2.31. The van der Waals surface area contributed by atoms with Crippen LogP contribution >= 0.6 is 0 Å². The van der Waals surface area contributed by atoms with E-state index in [1.54, 1.807) is 18.2 Å². The van der Waals surface area contributed by atoms with Crippen molar-refractivity contribution in [2.24, 2.45) is 11.8 Å². The van der Waals surface area contributed by atoms with Crippen LogP contribution in [0.3, 0.4) is 0 Å². The molecule has 0 radical (unpaired) electrons. The van der Waals surface area contributed by atoms with Crippen molar-refractivity contribution >= 4 is 17.3 Å². The van der Waals surface area contributed by atoms with Gasteiger partial charge in [0.1, 0.15) is 5.69 Å². The number of rotatable bonds is 4. The van der Waals surface area contributed by atoms with Crippen LogP contribution < -0.4 is 10.6 Å². The molecule has 0 saturated carbocycles. The summed E-state index contributed by atoms with van der Waals surface area (Å²) in [5.41, 5.74) is 0.177. The summed E-state index contributed by atoms with van der Waals surface area (Å²) >= 11 is 0. The molecule has 18 heavy (non-hydrogen) atoms. The highest BCUT2D eigenvalue weighted by Crippen LogP contribution is 2.25. The van der Waals surface area contributed by atoms with E-state index in [1.165, 1.54) is 6.07 Å². The number of para-hydroxylation sites is 2. The van der Waals surface area contributed by atoms with Crippen molar-refractivity contribution < 1.29 is 9.72 Å². The highest BCUT2D eigenvalue weighted by molar-refractivity contribution is 5.94. The third kappa shape index (κ3) is 2.48. The third-order valence-corrected chi connectivity index (χ3v) is 3.29. The molecule has 1 aromatic rings. The first kappa shape index (κ1) is 12.5. The molecule has 2 N–H and O–H groups in total. The fourth-order valence-corrected chi connectivity index (χ4v) is 1.86. The Bertz CT molecular complexity index is 471. The van der Waals surface area contributed by atoms with Crippen LogP contribution in [-0.2, 0) is 4.79 Å². The van der Waals surface area contributed by atoms with Gasteiger partial charge in [0.25, 0.3) is 5.69 Å². The molecule has 0 bridgehead atoms. The van der Waals surface area contributed by atoms with Crippen molar-refractivity contribution in [1.29, 1.82) is 0 Å². The average molecular weight is 249 g/mol. The van der Waals surface area contributed by atoms with Gasteiger partial charge in [-0.1, -0.05) is 19.1 Å². The van der Waals surface area contributed by atoms with Crippen LogP contribution in [-0.4, -0.2) is 23.9 Å². The highest BCUT2D eigenvalue weighted by atomic mass is 16.6. The number of nitro groups is 1. The van der Waals surface area contributed by atoms with Crippen LogP contribution in [0.15, 0.2) is 24.3 Å². The Hall–Kier alpha value is -1.95. The van der Waals surface area contributed by atoms with Crippen LogP contribution in [0.2, 0.25) is 0 Å². The van der Waals surface area contributed by atoms with E-state index in [1.807, 2.05) is 6.92 Å². The van der Waals surface area contributed by atoms with Crippen molar-refractivity contribution in [1.82, 2.24) is 5.32 Å². The maximum Gasteiger partial charge on any atom is 0.292 e. The first-order chi connectivity index (χ1) is 8.59. The van der Waals surface area contributed by atoms with E-state index in [9.17, 15) is 14.9 Å². The lowest BCUT2D eigenvalue weighted by molar-refractivity contribution is -0.383. The van der Waals surface area contributed by atoms with Gasteiger partial charge >= 0.3 is 0 Å². The molecule has 1 unspecified atom stereocenters. The number of hydrogen-bond acceptors (Lipinski definition) is 4. The Morgan fingerprint density at radius 3 is 2.72 bits per heavy atom. The largest absolute Gasteiger partial charge is 0.320 e. The van der Waals surface area contributed by atoms with Crippen molar-refractivity contribution in [3.63, 3.8) is 0 Å². The molecule has 96 valence electrons. The van der Waals surface area contributed by atoms with Crippen LogP contribution in [0, 0.1) is 22.0 Å². The summed E-state index contributed by atoms with van der Waals surface area (Å²) in [7, 11) is 0. The maximum absolute atomic E-state index is 12.0. The van der Waals surface area contributed by atoms with Gasteiger partial charge in [-0.05, 0) is 25.1 Å². The molecule has 6 nitrogen and oxygen atoms in total. The molecule has 1 aliphatic rings. The summed E-state index contributed by atoms with van der Waals surface area (Å²) in [6.07, 6.45) is 0. The molecule has 1 saturated heterocycles. The molecular formula is C12H15N3O3. The van der Waals surface area contributed by atoms with Crippen LogP contribution in [0.4, 0.5) is 11.4 Å². The second-order valence-corrected chi connectivity index (χ2v) is 4.47. The molecule has 1 heterocycles. The molecule has 0 spiro atoms. The lowest BCUT2D eigenvalue weighted by Crippen LogP contribution is -2.48. The monoisotopic (exact) mass is 249 g/mol. The average Bonchev–Trinajstić information content (AvgIpc) is 2.27. The van der Waals surface area contributed by atoms with E-state index in [4.69, 9.17) is 0 Å². The van der Waals surface area contributed by atoms with Gasteiger partial charge in [0, 0.05) is 12.0 Å². The standard InChI is InChI=1S/C12H15N3O3/c1-8(9-6-13-7-9)12(16)14-10-4-2-3-5-11(10)15(17)18/h2-5,8-9,13H,6-7H2,1H3,(H,14,16). The minimum absolute atomic E-state index is 0.0789. The summed E-state index contributed by atoms with van der Waals surface area (Å²) in [6, 6.07) is 6.16. The van der Waals surface area contributed by atoms with Gasteiger partial charge in [0.05, 0.1) is 4.92 Å². The minimum atomic E-state index is -0.495. The minimum Gasteiger partial charge on any atom is -0.320 e. The summed E-state index contributed by atoms with van der Waals surface area (Å²) < 4.78 is 0. The Morgan fingerprint density at radius 1 is 1.50 bits per heavy atom. The molecule has 2 rings (SSSR count). The fourth-order valence-electron chi connectivity index (χ4n) is 1.86. The van der Waals surface area contributed by atoms with Crippen LogP contribution in [0.1, 0.15) is 6.92 Å². The summed E-state index contributed by atoms with van der Waals surface area (Å²) in [4.78, 5) is 22.3. The number of nitrogens with one attached hydrogen (secondary N) is 2. The van der Waals surface area contributed by atoms with Gasteiger partial charge in [-0.25, -0.2) is 0 Å². The van der Waals surface area contributed by atoms with Crippen molar-refractivity contribution in [2.75, 3.05) is 18.4 Å². The number of carbonyl (C=O) groups excluding carboxylic acids is 1. The zero-order valence-corrected chi connectivity index (χ0v) is 10.1. The van der Waals surface area contributed by atoms with Crippen LogP contribution in [0.5, 0.6) is 0 Å². The van der Waals surface area contributed by atoms with Gasteiger partial charge in [0.2, 0.25) is 5.91 Å². The molecule has 1 aliphatic heterocycles. The van der Waals surface area contributed by atoms with Gasteiger partial charge in [0.15, 0.2) is 0 Å². The summed E-state index contributed by atoms with van der Waals surface area (Å²) in [6.45, 7) is 3.49. The number of hydrogen-bond donors (Lipinski definition) is 2. The first-order valence-corrected chi connectivity index (χ1v) is 5.84. The number of anilines is 1. The van der Waals surface area contributed by atoms with E-state index < -0.39 is 4.92 Å². The van der Waals surface area contributed by atoms with E-state index in [2.05, 4.69) is 10.6 Å². The SMILES string of the molecule is CC(C(=O)Nc1ccccc1[N+](=O)[O-])C1CNC1. The van der Waals surface area contributed by atoms with E-state index in [-0.39, 0.29) is 23.2 Å². The van der Waals surface area contributed by atoms with Gasteiger partial charge in [-0.3, -0.25) is 14.9 Å². The van der Waals surface area contributed by atoms with Crippen molar-refractivity contribution in [3.8, 4) is 0 Å². The molecular weight excluding hydrogens is 234 g/mol. The van der Waals surface area contributed by atoms with E-state index in [0.717, 1.165) is 13.1 Å². The maximum atomic E-state index is 12.0. The first-order valence-electron chi connectivity index (χ1n) is 5.84. The Labute approximate surface area is 105 Å². The molecule has 0 aromatic heterocycles.